The minimum atomic E-state index is -0.106. The Morgan fingerprint density at radius 1 is 0.853 bits per heavy atom. The molecule has 4 rings (SSSR count). The number of halogens is 2. The minimum Gasteiger partial charge on any atom is -0.493 e. The lowest BCUT2D eigenvalue weighted by atomic mass is 10.1. The highest BCUT2D eigenvalue weighted by atomic mass is 35.5. The number of hydrogen-bond donors (Lipinski definition) is 0. The predicted octanol–water partition coefficient (Wildman–Crippen LogP) is 4.44. The fourth-order valence-electron chi connectivity index (χ4n) is 3.85. The van der Waals surface area contributed by atoms with E-state index in [4.69, 9.17) is 37.4 Å². The van der Waals surface area contributed by atoms with Crippen LogP contribution in [0.3, 0.4) is 0 Å². The molecule has 1 aromatic heterocycles. The third-order valence-electron chi connectivity index (χ3n) is 5.66. The van der Waals surface area contributed by atoms with Crippen LogP contribution in [0.2, 0.25) is 10.0 Å². The van der Waals surface area contributed by atoms with Crippen molar-refractivity contribution in [1.29, 1.82) is 0 Å². The smallest absolute Gasteiger partial charge is 0.255 e. The first kappa shape index (κ1) is 23.9. The van der Waals surface area contributed by atoms with Crippen LogP contribution >= 0.6 is 23.2 Å². The molecule has 1 amide bonds. The van der Waals surface area contributed by atoms with Crippen LogP contribution in [0, 0.1) is 0 Å². The molecule has 2 heterocycles. The van der Waals surface area contributed by atoms with Gasteiger partial charge in [-0.15, -0.1) is 10.2 Å². The second-order valence-corrected chi connectivity index (χ2v) is 8.44. The van der Waals surface area contributed by atoms with Gasteiger partial charge in [0.1, 0.15) is 0 Å². The van der Waals surface area contributed by atoms with Gasteiger partial charge in [-0.05, 0) is 42.5 Å². The normalized spacial score (nSPS) is 13.6. The van der Waals surface area contributed by atoms with E-state index in [1.54, 1.807) is 44.4 Å². The summed E-state index contributed by atoms with van der Waals surface area (Å²) in [6.07, 6.45) is 0. The first-order chi connectivity index (χ1) is 16.4. The Kier molecular flexibility index (Phi) is 7.29. The molecule has 0 unspecified atom stereocenters. The highest BCUT2D eigenvalue weighted by Gasteiger charge is 2.24. The second-order valence-electron chi connectivity index (χ2n) is 7.59. The molecule has 1 saturated heterocycles. The summed E-state index contributed by atoms with van der Waals surface area (Å²) in [4.78, 5) is 16.7. The number of anilines is 1. The van der Waals surface area contributed by atoms with Gasteiger partial charge in [0.2, 0.25) is 5.75 Å². The van der Waals surface area contributed by atoms with Crippen LogP contribution in [0.15, 0.2) is 42.5 Å². The van der Waals surface area contributed by atoms with Crippen molar-refractivity contribution in [2.45, 2.75) is 0 Å². The molecular formula is C24H24Cl2N4O4. The fraction of sp³-hybridized carbons (Fsp3) is 0.292. The van der Waals surface area contributed by atoms with Gasteiger partial charge >= 0.3 is 0 Å². The van der Waals surface area contributed by atoms with E-state index in [-0.39, 0.29) is 5.91 Å². The number of aromatic nitrogens is 2. The Morgan fingerprint density at radius 2 is 1.53 bits per heavy atom. The molecule has 8 nitrogen and oxygen atoms in total. The summed E-state index contributed by atoms with van der Waals surface area (Å²) in [6, 6.07) is 12.4. The molecule has 0 atom stereocenters. The molecule has 3 aromatic rings. The Bertz CT molecular complexity index is 1160. The molecule has 178 valence electrons. The molecule has 0 radical (unpaired) electrons. The number of nitrogens with zero attached hydrogens (tertiary/aromatic N) is 4. The molecule has 1 aliphatic rings. The van der Waals surface area contributed by atoms with Crippen LogP contribution in [0.4, 0.5) is 5.82 Å². The van der Waals surface area contributed by atoms with Crippen LogP contribution in [0.5, 0.6) is 17.2 Å². The van der Waals surface area contributed by atoms with Gasteiger partial charge in [-0.3, -0.25) is 4.79 Å². The third-order valence-corrected chi connectivity index (χ3v) is 6.21. The third kappa shape index (κ3) is 4.83. The lowest BCUT2D eigenvalue weighted by Crippen LogP contribution is -2.49. The number of piperazine rings is 1. The van der Waals surface area contributed by atoms with Gasteiger partial charge in [-0.1, -0.05) is 23.2 Å². The zero-order chi connectivity index (χ0) is 24.2. The molecule has 0 saturated carbocycles. The zero-order valence-corrected chi connectivity index (χ0v) is 20.6. The largest absolute Gasteiger partial charge is 0.493 e. The Morgan fingerprint density at radius 3 is 2.06 bits per heavy atom. The van der Waals surface area contributed by atoms with Gasteiger partial charge in [0.25, 0.3) is 5.91 Å². The molecule has 34 heavy (non-hydrogen) atoms. The number of hydrogen-bond acceptors (Lipinski definition) is 7. The summed E-state index contributed by atoms with van der Waals surface area (Å²) in [5.74, 6) is 2.25. The highest BCUT2D eigenvalue weighted by molar-refractivity contribution is 6.36. The SMILES string of the molecule is COc1cc(-c2ccc(N3CCN(C(=O)c4ccc(Cl)cc4Cl)CC3)nn2)cc(OC)c1OC. The molecule has 0 aliphatic carbocycles. The Labute approximate surface area is 207 Å². The van der Waals surface area contributed by atoms with E-state index in [1.165, 1.54) is 0 Å². The van der Waals surface area contributed by atoms with Gasteiger partial charge in [0.15, 0.2) is 17.3 Å². The summed E-state index contributed by atoms with van der Waals surface area (Å²) < 4.78 is 16.2. The number of methoxy groups -OCH3 is 3. The second kappa shape index (κ2) is 10.4. The van der Waals surface area contributed by atoms with Gasteiger partial charge in [-0.25, -0.2) is 0 Å². The van der Waals surface area contributed by atoms with E-state index >= 15 is 0 Å². The summed E-state index contributed by atoms with van der Waals surface area (Å²) in [5, 5.41) is 9.66. The average molecular weight is 503 g/mol. The first-order valence-electron chi connectivity index (χ1n) is 10.6. The van der Waals surface area contributed by atoms with Crippen LogP contribution < -0.4 is 19.1 Å². The van der Waals surface area contributed by atoms with Crippen molar-refractivity contribution in [2.24, 2.45) is 0 Å². The van der Waals surface area contributed by atoms with Crippen LogP contribution in [0.25, 0.3) is 11.3 Å². The van der Waals surface area contributed by atoms with Gasteiger partial charge in [0, 0.05) is 36.8 Å². The Hall–Kier alpha value is -3.23. The van der Waals surface area contributed by atoms with Crippen molar-refractivity contribution in [3.63, 3.8) is 0 Å². The van der Waals surface area contributed by atoms with Gasteiger partial charge in [0.05, 0.1) is 37.6 Å². The predicted molar refractivity (Wildman–Crippen MR) is 132 cm³/mol. The monoisotopic (exact) mass is 502 g/mol. The van der Waals surface area contributed by atoms with Crippen LogP contribution in [-0.4, -0.2) is 68.5 Å². The summed E-state index contributed by atoms with van der Waals surface area (Å²) in [5.41, 5.74) is 1.92. The van der Waals surface area contributed by atoms with Crippen molar-refractivity contribution in [1.82, 2.24) is 15.1 Å². The summed E-state index contributed by atoms with van der Waals surface area (Å²) >= 11 is 12.1. The number of rotatable bonds is 6. The van der Waals surface area contributed by atoms with E-state index in [9.17, 15) is 4.79 Å². The van der Waals surface area contributed by atoms with Crippen molar-refractivity contribution in [3.8, 4) is 28.5 Å². The Balaban J connectivity index is 1.45. The van der Waals surface area contributed by atoms with Gasteiger partial charge < -0.3 is 24.0 Å². The molecule has 1 fully saturated rings. The molecule has 0 spiro atoms. The minimum absolute atomic E-state index is 0.106. The molecule has 0 bridgehead atoms. The van der Waals surface area contributed by atoms with Crippen LogP contribution in [-0.2, 0) is 0 Å². The zero-order valence-electron chi connectivity index (χ0n) is 19.0. The summed E-state index contributed by atoms with van der Waals surface area (Å²) in [6.45, 7) is 2.37. The number of benzene rings is 2. The van der Waals surface area contributed by atoms with E-state index < -0.39 is 0 Å². The average Bonchev–Trinajstić information content (AvgIpc) is 2.87. The van der Waals surface area contributed by atoms with E-state index in [2.05, 4.69) is 15.1 Å². The maximum atomic E-state index is 12.8. The molecule has 0 N–H and O–H groups in total. The number of carbonyl (C=O) groups excluding carboxylic acids is 1. The molecule has 10 heteroatoms. The molecule has 2 aromatic carbocycles. The van der Waals surface area contributed by atoms with Crippen LogP contribution in [0.1, 0.15) is 10.4 Å². The fourth-order valence-corrected chi connectivity index (χ4v) is 4.34. The number of ether oxygens (including phenoxy) is 3. The standard InChI is InChI=1S/C24H24Cl2N4O4/c1-32-20-12-15(13-21(33-2)23(20)34-3)19-6-7-22(28-27-19)29-8-10-30(11-9-29)24(31)17-5-4-16(25)14-18(17)26/h4-7,12-14H,8-11H2,1-3H3. The van der Waals surface area contributed by atoms with E-state index in [0.717, 1.165) is 11.4 Å². The maximum Gasteiger partial charge on any atom is 0.255 e. The maximum absolute atomic E-state index is 12.8. The van der Waals surface area contributed by atoms with E-state index in [0.29, 0.717) is 64.7 Å². The van der Waals surface area contributed by atoms with Crippen molar-refractivity contribution in [3.05, 3.63) is 58.1 Å². The van der Waals surface area contributed by atoms with Crippen molar-refractivity contribution in [2.75, 3.05) is 52.4 Å². The number of amides is 1. The topological polar surface area (TPSA) is 77.0 Å². The molecular weight excluding hydrogens is 479 g/mol. The first-order valence-corrected chi connectivity index (χ1v) is 11.3. The lowest BCUT2D eigenvalue weighted by Gasteiger charge is -2.35. The quantitative estimate of drug-likeness (QED) is 0.492. The molecule has 1 aliphatic heterocycles. The summed E-state index contributed by atoms with van der Waals surface area (Å²) in [7, 11) is 4.70. The van der Waals surface area contributed by atoms with Gasteiger partial charge in [-0.2, -0.15) is 0 Å². The van der Waals surface area contributed by atoms with Crippen molar-refractivity contribution < 1.29 is 19.0 Å². The highest BCUT2D eigenvalue weighted by Crippen LogP contribution is 2.40. The number of carbonyl (C=O) groups is 1. The lowest BCUT2D eigenvalue weighted by molar-refractivity contribution is 0.0746. The van der Waals surface area contributed by atoms with E-state index in [1.807, 2.05) is 24.3 Å². The van der Waals surface area contributed by atoms with Crippen molar-refractivity contribution >= 4 is 34.9 Å².